The molecule has 1 atom stereocenters. The van der Waals surface area contributed by atoms with Gasteiger partial charge in [0, 0.05) is 30.8 Å². The molecule has 2 N–H and O–H groups in total. The molecule has 1 aromatic carbocycles. The van der Waals surface area contributed by atoms with Crippen LogP contribution in [0.15, 0.2) is 29.4 Å². The first kappa shape index (κ1) is 24.7. The molecule has 178 valence electrons. The lowest BCUT2D eigenvalue weighted by atomic mass is 9.95. The molecule has 1 fully saturated rings. The third-order valence-corrected chi connectivity index (χ3v) is 6.74. The lowest BCUT2D eigenvalue weighted by Crippen LogP contribution is -2.37. The largest absolute Gasteiger partial charge is 0.353 e. The molecule has 0 bridgehead atoms. The molecule has 0 aliphatic heterocycles. The van der Waals surface area contributed by atoms with E-state index in [1.165, 1.54) is 42.4 Å². The Morgan fingerprint density at radius 3 is 2.64 bits per heavy atom. The van der Waals surface area contributed by atoms with E-state index < -0.39 is 16.9 Å². The maximum atomic E-state index is 12.8. The highest BCUT2D eigenvalue weighted by Gasteiger charge is 2.26. The number of nitro benzene ring substituents is 1. The van der Waals surface area contributed by atoms with Crippen molar-refractivity contribution in [3.05, 3.63) is 45.8 Å². The van der Waals surface area contributed by atoms with Crippen molar-refractivity contribution in [3.8, 4) is 0 Å². The number of rotatable bonds is 9. The van der Waals surface area contributed by atoms with Crippen LogP contribution in [0, 0.1) is 16.0 Å². The van der Waals surface area contributed by atoms with Crippen molar-refractivity contribution < 1.29 is 14.5 Å². The number of nitrogens with one attached hydrogen (secondary N) is 2. The van der Waals surface area contributed by atoms with E-state index in [-0.39, 0.29) is 34.9 Å². The second-order valence-electron chi connectivity index (χ2n) is 8.59. The predicted molar refractivity (Wildman–Crippen MR) is 125 cm³/mol. The standard InChI is InChI=1S/C22H30N6O4S/c1-14(2)19(24-21(30)15-8-7-11-17(12-15)28(31)32)20-25-26-22(27(20)3)33-13-18(29)23-16-9-5-4-6-10-16/h7-8,11-12,14,16,19H,4-6,9-10,13H2,1-3H3,(H,23,29)(H,24,30)/t19-/m1/s1. The molecule has 0 radical (unpaired) electrons. The van der Waals surface area contributed by atoms with Crippen LogP contribution in [0.2, 0.25) is 0 Å². The minimum Gasteiger partial charge on any atom is -0.353 e. The molecule has 1 saturated carbocycles. The highest BCUT2D eigenvalue weighted by molar-refractivity contribution is 7.99. The lowest BCUT2D eigenvalue weighted by Gasteiger charge is -2.22. The first-order valence-electron chi connectivity index (χ1n) is 11.1. The van der Waals surface area contributed by atoms with Crippen LogP contribution in [0.4, 0.5) is 5.69 Å². The maximum absolute atomic E-state index is 12.8. The fraction of sp³-hybridized carbons (Fsp3) is 0.545. The van der Waals surface area contributed by atoms with E-state index in [0.717, 1.165) is 25.7 Å². The first-order valence-corrected chi connectivity index (χ1v) is 12.1. The van der Waals surface area contributed by atoms with Gasteiger partial charge in [-0.2, -0.15) is 0 Å². The fourth-order valence-electron chi connectivity index (χ4n) is 3.88. The van der Waals surface area contributed by atoms with Crippen LogP contribution in [0.1, 0.15) is 68.2 Å². The number of thioether (sulfide) groups is 1. The van der Waals surface area contributed by atoms with Gasteiger partial charge >= 0.3 is 0 Å². The van der Waals surface area contributed by atoms with Crippen molar-refractivity contribution in [3.63, 3.8) is 0 Å². The number of hydrogen-bond acceptors (Lipinski definition) is 7. The molecule has 33 heavy (non-hydrogen) atoms. The summed E-state index contributed by atoms with van der Waals surface area (Å²) in [4.78, 5) is 35.6. The molecule has 0 unspecified atom stereocenters. The highest BCUT2D eigenvalue weighted by Crippen LogP contribution is 2.25. The van der Waals surface area contributed by atoms with Gasteiger partial charge in [0.2, 0.25) is 5.91 Å². The summed E-state index contributed by atoms with van der Waals surface area (Å²) in [5.41, 5.74) is 0.0543. The summed E-state index contributed by atoms with van der Waals surface area (Å²) in [7, 11) is 1.80. The molecule has 3 rings (SSSR count). The topological polar surface area (TPSA) is 132 Å². The second kappa shape index (κ2) is 11.3. The van der Waals surface area contributed by atoms with Crippen molar-refractivity contribution in [1.29, 1.82) is 0 Å². The number of hydrogen-bond donors (Lipinski definition) is 2. The van der Waals surface area contributed by atoms with Crippen LogP contribution >= 0.6 is 11.8 Å². The molecule has 1 aromatic heterocycles. The monoisotopic (exact) mass is 474 g/mol. The van der Waals surface area contributed by atoms with Crippen molar-refractivity contribution in [2.75, 3.05) is 5.75 Å². The summed E-state index contributed by atoms with van der Waals surface area (Å²) in [5, 5.41) is 26.1. The Morgan fingerprint density at radius 1 is 1.24 bits per heavy atom. The van der Waals surface area contributed by atoms with Gasteiger partial charge < -0.3 is 15.2 Å². The van der Waals surface area contributed by atoms with Gasteiger partial charge in [0.25, 0.3) is 11.6 Å². The Kier molecular flexibility index (Phi) is 8.43. The molecular formula is C22H30N6O4S. The number of nitro groups is 1. The number of non-ortho nitro benzene ring substituents is 1. The summed E-state index contributed by atoms with van der Waals surface area (Å²) < 4.78 is 1.77. The molecule has 10 nitrogen and oxygen atoms in total. The maximum Gasteiger partial charge on any atom is 0.270 e. The zero-order valence-corrected chi connectivity index (χ0v) is 19.9. The number of carbonyl (C=O) groups is 2. The van der Waals surface area contributed by atoms with Crippen LogP contribution in [-0.4, -0.2) is 43.3 Å². The number of benzene rings is 1. The summed E-state index contributed by atoms with van der Waals surface area (Å²) >= 11 is 1.30. The lowest BCUT2D eigenvalue weighted by molar-refractivity contribution is -0.384. The first-order chi connectivity index (χ1) is 15.8. The minimum atomic E-state index is -0.534. The van der Waals surface area contributed by atoms with Gasteiger partial charge in [-0.05, 0) is 24.8 Å². The third-order valence-electron chi connectivity index (χ3n) is 5.72. The fourth-order valence-corrected chi connectivity index (χ4v) is 4.61. The van der Waals surface area contributed by atoms with Gasteiger partial charge in [-0.1, -0.05) is 50.9 Å². The zero-order valence-electron chi connectivity index (χ0n) is 19.1. The van der Waals surface area contributed by atoms with Crippen LogP contribution in [0.5, 0.6) is 0 Å². The molecule has 1 aliphatic carbocycles. The van der Waals surface area contributed by atoms with E-state index in [2.05, 4.69) is 20.8 Å². The average Bonchev–Trinajstić information content (AvgIpc) is 3.16. The van der Waals surface area contributed by atoms with E-state index in [1.807, 2.05) is 13.8 Å². The van der Waals surface area contributed by atoms with Crippen molar-refractivity contribution in [2.45, 2.75) is 63.2 Å². The molecule has 0 spiro atoms. The smallest absolute Gasteiger partial charge is 0.270 e. The van der Waals surface area contributed by atoms with Gasteiger partial charge in [-0.25, -0.2) is 0 Å². The molecule has 1 heterocycles. The van der Waals surface area contributed by atoms with Gasteiger partial charge in [0.05, 0.1) is 16.7 Å². The van der Waals surface area contributed by atoms with Crippen LogP contribution < -0.4 is 10.6 Å². The molecule has 2 aromatic rings. The Hall–Kier alpha value is -2.95. The molecule has 2 amide bonds. The molecule has 1 aliphatic rings. The third kappa shape index (κ3) is 6.53. The predicted octanol–water partition coefficient (Wildman–Crippen LogP) is 3.39. The normalized spacial score (nSPS) is 15.3. The average molecular weight is 475 g/mol. The van der Waals surface area contributed by atoms with E-state index in [9.17, 15) is 19.7 Å². The van der Waals surface area contributed by atoms with Gasteiger partial charge in [0.15, 0.2) is 11.0 Å². The van der Waals surface area contributed by atoms with Gasteiger partial charge in [0.1, 0.15) is 0 Å². The molecular weight excluding hydrogens is 444 g/mol. The van der Waals surface area contributed by atoms with Crippen LogP contribution in [0.25, 0.3) is 0 Å². The van der Waals surface area contributed by atoms with Crippen molar-refractivity contribution in [1.82, 2.24) is 25.4 Å². The summed E-state index contributed by atoms with van der Waals surface area (Å²) in [6.45, 7) is 3.88. The second-order valence-corrected chi connectivity index (χ2v) is 9.54. The summed E-state index contributed by atoms with van der Waals surface area (Å²) in [5.74, 6) is 0.341. The van der Waals surface area contributed by atoms with E-state index in [0.29, 0.717) is 11.0 Å². The molecule has 11 heteroatoms. The zero-order chi connectivity index (χ0) is 24.0. The Morgan fingerprint density at radius 2 is 1.97 bits per heavy atom. The van der Waals surface area contributed by atoms with E-state index >= 15 is 0 Å². The number of nitrogens with zero attached hydrogens (tertiary/aromatic N) is 4. The van der Waals surface area contributed by atoms with Crippen molar-refractivity contribution in [2.24, 2.45) is 13.0 Å². The summed E-state index contributed by atoms with van der Waals surface area (Å²) in [6.07, 6.45) is 5.61. The van der Waals surface area contributed by atoms with E-state index in [1.54, 1.807) is 11.6 Å². The Bertz CT molecular complexity index is 1000. The quantitative estimate of drug-likeness (QED) is 0.323. The van der Waals surface area contributed by atoms with E-state index in [4.69, 9.17) is 0 Å². The van der Waals surface area contributed by atoms with Crippen LogP contribution in [0.3, 0.4) is 0 Å². The minimum absolute atomic E-state index is 0.0111. The Balaban J connectivity index is 1.65. The Labute approximate surface area is 197 Å². The number of aromatic nitrogens is 3. The SMILES string of the molecule is CC(C)[C@@H](NC(=O)c1cccc([N+](=O)[O-])c1)c1nnc(SCC(=O)NC2CCCCC2)n1C. The number of carbonyl (C=O) groups excluding carboxylic acids is 2. The van der Waals surface area contributed by atoms with Gasteiger partial charge in [-0.15, -0.1) is 10.2 Å². The number of amides is 2. The van der Waals surface area contributed by atoms with Crippen LogP contribution in [-0.2, 0) is 11.8 Å². The molecule has 0 saturated heterocycles. The van der Waals surface area contributed by atoms with Crippen molar-refractivity contribution >= 4 is 29.3 Å². The summed E-state index contributed by atoms with van der Waals surface area (Å²) in [6, 6.07) is 5.40. The highest BCUT2D eigenvalue weighted by atomic mass is 32.2. The van der Waals surface area contributed by atoms with Gasteiger partial charge in [-0.3, -0.25) is 19.7 Å².